The van der Waals surface area contributed by atoms with Crippen molar-refractivity contribution in [1.82, 2.24) is 8.61 Å². The summed E-state index contributed by atoms with van der Waals surface area (Å²) in [5, 5.41) is 9.06. The summed E-state index contributed by atoms with van der Waals surface area (Å²) in [5.41, 5.74) is 0.343. The summed E-state index contributed by atoms with van der Waals surface area (Å²) < 4.78 is 51.4. The molecule has 0 atom stereocenters. The molecule has 8 nitrogen and oxygen atoms in total. The molecule has 0 saturated carbocycles. The third kappa shape index (κ3) is 3.94. The number of hydrogen-bond acceptors (Lipinski definition) is 5. The quantitative estimate of drug-likeness (QED) is 0.811. The molecule has 24 heavy (non-hydrogen) atoms. The van der Waals surface area contributed by atoms with Crippen molar-refractivity contribution in [1.29, 1.82) is 0 Å². The lowest BCUT2D eigenvalue weighted by Gasteiger charge is -2.22. The monoisotopic (exact) mass is 376 g/mol. The predicted octanol–water partition coefficient (Wildman–Crippen LogP) is 0.349. The van der Waals surface area contributed by atoms with E-state index in [1.165, 1.54) is 20.7 Å². The lowest BCUT2D eigenvalue weighted by molar-refractivity contribution is 0.0696. The highest BCUT2D eigenvalue weighted by Crippen LogP contribution is 2.23. The molecule has 1 fully saturated rings. The van der Waals surface area contributed by atoms with Gasteiger partial charge in [-0.2, -0.15) is 4.31 Å². The minimum absolute atomic E-state index is 0.0339. The van der Waals surface area contributed by atoms with Crippen LogP contribution in [0.4, 0.5) is 0 Å². The van der Waals surface area contributed by atoms with Crippen LogP contribution < -0.4 is 0 Å². The van der Waals surface area contributed by atoms with E-state index in [1.54, 1.807) is 6.92 Å². The minimum atomic E-state index is -3.89. The van der Waals surface area contributed by atoms with E-state index >= 15 is 0 Å². The van der Waals surface area contributed by atoms with Gasteiger partial charge in [0.05, 0.1) is 16.7 Å². The SMILES string of the molecule is Cc1ccc(C(=O)O)cc1S(=O)(=O)N1CCCN(S(C)(=O)=O)CC1. The lowest BCUT2D eigenvalue weighted by Crippen LogP contribution is -2.37. The zero-order chi connectivity index (χ0) is 18.1. The fourth-order valence-corrected chi connectivity index (χ4v) is 5.19. The average Bonchev–Trinajstić information content (AvgIpc) is 2.73. The Balaban J connectivity index is 2.34. The van der Waals surface area contributed by atoms with Crippen LogP contribution in [0.3, 0.4) is 0 Å². The molecule has 0 aliphatic carbocycles. The molecule has 0 aromatic heterocycles. The molecule has 1 aliphatic rings. The molecular formula is C14H20N2O6S2. The van der Waals surface area contributed by atoms with E-state index in [0.717, 1.165) is 12.3 Å². The van der Waals surface area contributed by atoms with Crippen molar-refractivity contribution in [2.24, 2.45) is 0 Å². The Morgan fingerprint density at radius 3 is 2.21 bits per heavy atom. The number of rotatable bonds is 4. The lowest BCUT2D eigenvalue weighted by atomic mass is 10.1. The van der Waals surface area contributed by atoms with Gasteiger partial charge in [0.15, 0.2) is 0 Å². The number of benzene rings is 1. The summed E-state index contributed by atoms with van der Waals surface area (Å²) >= 11 is 0. The van der Waals surface area contributed by atoms with Crippen LogP contribution in [-0.4, -0.2) is 69.0 Å². The molecule has 0 amide bonds. The van der Waals surface area contributed by atoms with Crippen molar-refractivity contribution in [2.75, 3.05) is 32.4 Å². The van der Waals surface area contributed by atoms with Crippen LogP contribution in [0.5, 0.6) is 0 Å². The van der Waals surface area contributed by atoms with Gasteiger partial charge in [-0.3, -0.25) is 0 Å². The Morgan fingerprint density at radius 1 is 1.04 bits per heavy atom. The van der Waals surface area contributed by atoms with Crippen LogP contribution in [0.25, 0.3) is 0 Å². The molecule has 1 saturated heterocycles. The van der Waals surface area contributed by atoms with E-state index in [4.69, 9.17) is 5.11 Å². The first-order chi connectivity index (χ1) is 11.0. The second-order valence-electron chi connectivity index (χ2n) is 5.71. The molecular weight excluding hydrogens is 356 g/mol. The van der Waals surface area contributed by atoms with Crippen LogP contribution in [0.15, 0.2) is 23.1 Å². The van der Waals surface area contributed by atoms with Gasteiger partial charge in [0, 0.05) is 26.2 Å². The number of aryl methyl sites for hydroxylation is 1. The molecule has 0 unspecified atom stereocenters. The first kappa shape index (κ1) is 18.8. The van der Waals surface area contributed by atoms with Gasteiger partial charge in [0.1, 0.15) is 0 Å². The number of hydrogen-bond donors (Lipinski definition) is 1. The molecule has 0 bridgehead atoms. The van der Waals surface area contributed by atoms with Gasteiger partial charge in [0.2, 0.25) is 20.0 Å². The van der Waals surface area contributed by atoms with Crippen molar-refractivity contribution in [3.63, 3.8) is 0 Å². The number of aromatic carboxylic acids is 1. The molecule has 1 N–H and O–H groups in total. The fraction of sp³-hybridized carbons (Fsp3) is 0.500. The molecule has 0 radical (unpaired) electrons. The normalized spacial score (nSPS) is 18.2. The summed E-state index contributed by atoms with van der Waals surface area (Å²) in [5.74, 6) is -1.20. The van der Waals surface area contributed by atoms with Gasteiger partial charge in [-0.1, -0.05) is 6.07 Å². The molecule has 1 aliphatic heterocycles. The molecule has 10 heteroatoms. The van der Waals surface area contributed by atoms with E-state index in [-0.39, 0.29) is 36.6 Å². The zero-order valence-electron chi connectivity index (χ0n) is 13.5. The first-order valence-electron chi connectivity index (χ1n) is 7.32. The summed E-state index contributed by atoms with van der Waals surface area (Å²) in [4.78, 5) is 11.0. The topological polar surface area (TPSA) is 112 Å². The van der Waals surface area contributed by atoms with Crippen LogP contribution in [0.2, 0.25) is 0 Å². The van der Waals surface area contributed by atoms with Crippen molar-refractivity contribution in [2.45, 2.75) is 18.2 Å². The molecule has 134 valence electrons. The molecule has 1 aromatic rings. The largest absolute Gasteiger partial charge is 0.478 e. The smallest absolute Gasteiger partial charge is 0.335 e. The van der Waals surface area contributed by atoms with Crippen molar-refractivity contribution < 1.29 is 26.7 Å². The molecule has 0 spiro atoms. The van der Waals surface area contributed by atoms with Gasteiger partial charge in [-0.15, -0.1) is 0 Å². The number of carboxylic acids is 1. The van der Waals surface area contributed by atoms with Gasteiger partial charge in [-0.05, 0) is 31.0 Å². The Morgan fingerprint density at radius 2 is 1.62 bits per heavy atom. The summed E-state index contributed by atoms with van der Waals surface area (Å²) in [7, 11) is -7.27. The summed E-state index contributed by atoms with van der Waals surface area (Å²) in [6.07, 6.45) is 1.47. The van der Waals surface area contributed by atoms with Crippen LogP contribution >= 0.6 is 0 Å². The molecule has 2 rings (SSSR count). The predicted molar refractivity (Wildman–Crippen MR) is 87.9 cm³/mol. The Kier molecular flexibility index (Phi) is 5.33. The number of carboxylic acid groups (broad SMARTS) is 1. The van der Waals surface area contributed by atoms with Crippen molar-refractivity contribution >= 4 is 26.0 Å². The number of sulfonamides is 2. The highest BCUT2D eigenvalue weighted by Gasteiger charge is 2.30. The van der Waals surface area contributed by atoms with Crippen molar-refractivity contribution in [3.8, 4) is 0 Å². The van der Waals surface area contributed by atoms with Crippen LogP contribution in [0, 0.1) is 6.92 Å². The van der Waals surface area contributed by atoms with Gasteiger partial charge >= 0.3 is 5.97 Å². The maximum Gasteiger partial charge on any atom is 0.335 e. The average molecular weight is 376 g/mol. The molecule has 1 heterocycles. The van der Waals surface area contributed by atoms with Gasteiger partial charge < -0.3 is 5.11 Å². The van der Waals surface area contributed by atoms with Crippen LogP contribution in [-0.2, 0) is 20.0 Å². The van der Waals surface area contributed by atoms with Gasteiger partial charge in [0.25, 0.3) is 0 Å². The number of carbonyl (C=O) groups is 1. The van der Waals surface area contributed by atoms with Gasteiger partial charge in [-0.25, -0.2) is 25.9 Å². The summed E-state index contributed by atoms with van der Waals surface area (Å²) in [6.45, 7) is 2.16. The van der Waals surface area contributed by atoms with E-state index < -0.39 is 26.0 Å². The standard InChI is InChI=1S/C14H20N2O6S2/c1-11-4-5-12(14(17)18)10-13(11)24(21,22)16-7-3-6-15(8-9-16)23(2,19)20/h4-5,10H,3,6-9H2,1-2H3,(H,17,18). The third-order valence-electron chi connectivity index (χ3n) is 3.94. The summed E-state index contributed by atoms with van der Waals surface area (Å²) in [6, 6.07) is 3.95. The van der Waals surface area contributed by atoms with E-state index in [2.05, 4.69) is 0 Å². The zero-order valence-corrected chi connectivity index (χ0v) is 15.1. The van der Waals surface area contributed by atoms with E-state index in [0.29, 0.717) is 12.0 Å². The minimum Gasteiger partial charge on any atom is -0.478 e. The number of nitrogens with zero attached hydrogens (tertiary/aromatic N) is 2. The maximum atomic E-state index is 12.9. The Hall–Kier alpha value is -1.49. The highest BCUT2D eigenvalue weighted by molar-refractivity contribution is 7.89. The van der Waals surface area contributed by atoms with Crippen LogP contribution in [0.1, 0.15) is 22.3 Å². The van der Waals surface area contributed by atoms with Crippen molar-refractivity contribution in [3.05, 3.63) is 29.3 Å². The highest BCUT2D eigenvalue weighted by atomic mass is 32.2. The Bertz CT molecular complexity index is 848. The van der Waals surface area contributed by atoms with E-state index in [9.17, 15) is 21.6 Å². The maximum absolute atomic E-state index is 12.9. The Labute approximate surface area is 141 Å². The first-order valence-corrected chi connectivity index (χ1v) is 10.6. The fourth-order valence-electron chi connectivity index (χ4n) is 2.59. The molecule has 1 aromatic carbocycles. The van der Waals surface area contributed by atoms with E-state index in [1.807, 2.05) is 0 Å². The third-order valence-corrected chi connectivity index (χ3v) is 7.28. The second kappa shape index (κ2) is 6.79. The second-order valence-corrected chi connectivity index (χ2v) is 9.59.